The highest BCUT2D eigenvalue weighted by Gasteiger charge is 2.14. The molecule has 0 aliphatic rings. The summed E-state index contributed by atoms with van der Waals surface area (Å²) in [5.41, 5.74) is 2.10. The molecule has 0 fully saturated rings. The van der Waals surface area contributed by atoms with E-state index in [2.05, 4.69) is 0 Å². The average Bonchev–Trinajstić information content (AvgIpc) is 2.56. The Morgan fingerprint density at radius 2 is 1.26 bits per heavy atom. The number of carboxylic acids is 1. The van der Waals surface area contributed by atoms with Crippen molar-refractivity contribution in [2.45, 2.75) is 32.4 Å². The van der Waals surface area contributed by atoms with Crippen molar-refractivity contribution >= 4 is 11.9 Å². The van der Waals surface area contributed by atoms with Crippen molar-refractivity contribution in [2.24, 2.45) is 0 Å². The van der Waals surface area contributed by atoms with Crippen molar-refractivity contribution in [2.75, 3.05) is 0 Å². The molecule has 4 nitrogen and oxygen atoms in total. The largest absolute Gasteiger partial charge is 0.550 e. The highest BCUT2D eigenvalue weighted by Crippen LogP contribution is 2.12. The van der Waals surface area contributed by atoms with Gasteiger partial charge in [0.15, 0.2) is 0 Å². The number of carbonyl (C=O) groups is 2. The van der Waals surface area contributed by atoms with Gasteiger partial charge in [0.05, 0.1) is 0 Å². The Morgan fingerprint density at radius 1 is 0.783 bits per heavy atom. The summed E-state index contributed by atoms with van der Waals surface area (Å²) in [6, 6.07) is 19.6. The third kappa shape index (κ3) is 5.94. The lowest BCUT2D eigenvalue weighted by Crippen LogP contribution is -2.30. The Labute approximate surface area is 136 Å². The van der Waals surface area contributed by atoms with Crippen LogP contribution in [0.4, 0.5) is 0 Å². The Bertz CT molecular complexity index is 584. The Balaban J connectivity index is 2.04. The maximum absolute atomic E-state index is 12.4. The molecule has 0 radical (unpaired) electrons. The van der Waals surface area contributed by atoms with E-state index in [-0.39, 0.29) is 18.7 Å². The van der Waals surface area contributed by atoms with Gasteiger partial charge in [-0.1, -0.05) is 60.7 Å². The minimum absolute atomic E-state index is 0.0426. The van der Waals surface area contributed by atoms with Crippen molar-refractivity contribution in [1.29, 1.82) is 0 Å². The predicted molar refractivity (Wildman–Crippen MR) is 86.0 cm³/mol. The zero-order valence-electron chi connectivity index (χ0n) is 13.0. The molecule has 0 atom stereocenters. The molecule has 0 aromatic heterocycles. The van der Waals surface area contributed by atoms with Gasteiger partial charge in [-0.15, -0.1) is 0 Å². The van der Waals surface area contributed by atoms with Crippen LogP contribution >= 0.6 is 0 Å². The van der Waals surface area contributed by atoms with Gasteiger partial charge >= 0.3 is 0 Å². The molecule has 4 heteroatoms. The summed E-state index contributed by atoms with van der Waals surface area (Å²) in [7, 11) is 0. The van der Waals surface area contributed by atoms with Crippen LogP contribution < -0.4 is 5.11 Å². The molecule has 0 aliphatic heterocycles. The van der Waals surface area contributed by atoms with Gasteiger partial charge in [-0.25, -0.2) is 0 Å². The molecule has 2 rings (SSSR count). The van der Waals surface area contributed by atoms with E-state index >= 15 is 0 Å². The summed E-state index contributed by atoms with van der Waals surface area (Å²) in [6.45, 7) is 1.03. The zero-order valence-corrected chi connectivity index (χ0v) is 13.0. The first-order valence-electron chi connectivity index (χ1n) is 7.70. The van der Waals surface area contributed by atoms with E-state index < -0.39 is 5.97 Å². The SMILES string of the molecule is O=C([O-])CCCC(=O)N(Cc1ccccc1)Cc1ccccc1. The van der Waals surface area contributed by atoms with Crippen LogP contribution in [0, 0.1) is 0 Å². The maximum Gasteiger partial charge on any atom is 0.223 e. The quantitative estimate of drug-likeness (QED) is 0.750. The molecule has 23 heavy (non-hydrogen) atoms. The molecule has 0 N–H and O–H groups in total. The van der Waals surface area contributed by atoms with Gasteiger partial charge in [0.25, 0.3) is 0 Å². The Kier molecular flexibility index (Phi) is 6.36. The fourth-order valence-electron chi connectivity index (χ4n) is 2.38. The first kappa shape index (κ1) is 16.7. The van der Waals surface area contributed by atoms with Crippen LogP contribution in [0.15, 0.2) is 60.7 Å². The van der Waals surface area contributed by atoms with Crippen LogP contribution in [0.1, 0.15) is 30.4 Å². The van der Waals surface area contributed by atoms with E-state index in [1.807, 2.05) is 60.7 Å². The molecule has 2 aromatic carbocycles. The molecule has 0 aliphatic carbocycles. The van der Waals surface area contributed by atoms with Crippen molar-refractivity contribution in [3.8, 4) is 0 Å². The van der Waals surface area contributed by atoms with Crippen LogP contribution in [0.25, 0.3) is 0 Å². The van der Waals surface area contributed by atoms with Crippen molar-refractivity contribution in [3.05, 3.63) is 71.8 Å². The number of rotatable bonds is 8. The molecule has 0 bridgehead atoms. The number of nitrogens with zero attached hydrogens (tertiary/aromatic N) is 1. The van der Waals surface area contributed by atoms with Crippen LogP contribution in [0.3, 0.4) is 0 Å². The van der Waals surface area contributed by atoms with Crippen molar-refractivity contribution in [3.63, 3.8) is 0 Å². The zero-order chi connectivity index (χ0) is 16.5. The van der Waals surface area contributed by atoms with E-state index in [1.54, 1.807) is 4.90 Å². The summed E-state index contributed by atoms with van der Waals surface area (Å²) >= 11 is 0. The molecule has 0 heterocycles. The van der Waals surface area contributed by atoms with E-state index in [0.29, 0.717) is 19.5 Å². The summed E-state index contributed by atoms with van der Waals surface area (Å²) in [6.07, 6.45) is 0.436. The van der Waals surface area contributed by atoms with Gasteiger partial charge in [-0.3, -0.25) is 4.79 Å². The molecule has 2 aromatic rings. The van der Waals surface area contributed by atoms with Crippen LogP contribution in [0.2, 0.25) is 0 Å². The van der Waals surface area contributed by atoms with Gasteiger partial charge in [-0.2, -0.15) is 0 Å². The number of hydrogen-bond acceptors (Lipinski definition) is 3. The first-order valence-corrected chi connectivity index (χ1v) is 7.70. The smallest absolute Gasteiger partial charge is 0.223 e. The Hall–Kier alpha value is -2.62. The minimum atomic E-state index is -1.12. The van der Waals surface area contributed by atoms with Gasteiger partial charge in [0, 0.05) is 25.5 Å². The monoisotopic (exact) mass is 310 g/mol. The molecular weight excluding hydrogens is 290 g/mol. The van der Waals surface area contributed by atoms with Gasteiger partial charge in [0.2, 0.25) is 5.91 Å². The second-order valence-electron chi connectivity index (χ2n) is 5.45. The topological polar surface area (TPSA) is 60.4 Å². The fraction of sp³-hybridized carbons (Fsp3) is 0.263. The van der Waals surface area contributed by atoms with Gasteiger partial charge < -0.3 is 14.8 Å². The van der Waals surface area contributed by atoms with Crippen molar-refractivity contribution in [1.82, 2.24) is 4.90 Å². The summed E-state index contributed by atoms with van der Waals surface area (Å²) in [5, 5.41) is 10.5. The third-order valence-corrected chi connectivity index (χ3v) is 3.56. The average molecular weight is 310 g/mol. The van der Waals surface area contributed by atoms with E-state index in [4.69, 9.17) is 0 Å². The van der Waals surface area contributed by atoms with Crippen LogP contribution in [-0.4, -0.2) is 16.8 Å². The molecule has 0 spiro atoms. The van der Waals surface area contributed by atoms with Gasteiger partial charge in [0.1, 0.15) is 0 Å². The Morgan fingerprint density at radius 3 is 1.70 bits per heavy atom. The lowest BCUT2D eigenvalue weighted by atomic mass is 10.1. The molecule has 120 valence electrons. The highest BCUT2D eigenvalue weighted by molar-refractivity contribution is 5.76. The minimum Gasteiger partial charge on any atom is -0.550 e. The normalized spacial score (nSPS) is 10.3. The summed E-state index contributed by atoms with van der Waals surface area (Å²) in [4.78, 5) is 24.7. The van der Waals surface area contributed by atoms with Crippen molar-refractivity contribution < 1.29 is 14.7 Å². The first-order chi connectivity index (χ1) is 11.1. The second-order valence-corrected chi connectivity index (χ2v) is 5.45. The van der Waals surface area contributed by atoms with Crippen LogP contribution in [-0.2, 0) is 22.7 Å². The summed E-state index contributed by atoms with van der Waals surface area (Å²) < 4.78 is 0. The third-order valence-electron chi connectivity index (χ3n) is 3.56. The lowest BCUT2D eigenvalue weighted by molar-refractivity contribution is -0.305. The second kappa shape index (κ2) is 8.73. The number of aliphatic carboxylic acids is 1. The number of benzene rings is 2. The molecule has 0 saturated carbocycles. The van der Waals surface area contributed by atoms with E-state index in [1.165, 1.54) is 0 Å². The molecular formula is C19H20NO3-. The highest BCUT2D eigenvalue weighted by atomic mass is 16.4. The molecule has 1 amide bonds. The number of carbonyl (C=O) groups excluding carboxylic acids is 2. The van der Waals surface area contributed by atoms with E-state index in [9.17, 15) is 14.7 Å². The maximum atomic E-state index is 12.4. The van der Waals surface area contributed by atoms with E-state index in [0.717, 1.165) is 11.1 Å². The lowest BCUT2D eigenvalue weighted by Gasteiger charge is -2.23. The molecule has 0 unspecified atom stereocenters. The number of amides is 1. The molecule has 0 saturated heterocycles. The van der Waals surface area contributed by atoms with Gasteiger partial charge in [-0.05, 0) is 24.0 Å². The fourth-order valence-corrected chi connectivity index (χ4v) is 2.38. The predicted octanol–water partition coefficient (Wildman–Crippen LogP) is 2.14. The number of carboxylic acid groups (broad SMARTS) is 1. The number of hydrogen-bond donors (Lipinski definition) is 0. The standard InChI is InChI=1S/C19H21NO3/c21-18(12-7-13-19(22)23)20(14-16-8-3-1-4-9-16)15-17-10-5-2-6-11-17/h1-6,8-11H,7,12-15H2,(H,22,23)/p-1. The summed E-state index contributed by atoms with van der Waals surface area (Å²) in [5.74, 6) is -1.16. The van der Waals surface area contributed by atoms with Crippen LogP contribution in [0.5, 0.6) is 0 Å².